The molecule has 102 valence electrons. The maximum absolute atomic E-state index is 11.1. The SMILES string of the molecule is CS(=O)(=O)CCCC(CBr)Cc1ccc(Cl)cc1. The van der Waals surface area contributed by atoms with E-state index in [1.54, 1.807) is 0 Å². The number of benzene rings is 1. The highest BCUT2D eigenvalue weighted by Crippen LogP contribution is 2.18. The van der Waals surface area contributed by atoms with Gasteiger partial charge in [-0.2, -0.15) is 0 Å². The monoisotopic (exact) mass is 352 g/mol. The average molecular weight is 354 g/mol. The lowest BCUT2D eigenvalue weighted by Crippen LogP contribution is -2.10. The van der Waals surface area contributed by atoms with Gasteiger partial charge in [-0.05, 0) is 42.9 Å². The van der Waals surface area contributed by atoms with E-state index in [4.69, 9.17) is 11.6 Å². The lowest BCUT2D eigenvalue weighted by molar-refractivity contribution is 0.529. The van der Waals surface area contributed by atoms with E-state index in [9.17, 15) is 8.42 Å². The summed E-state index contributed by atoms with van der Waals surface area (Å²) in [5.74, 6) is 0.741. The Bertz CT molecular complexity index is 456. The number of alkyl halides is 1. The Morgan fingerprint density at radius 1 is 1.28 bits per heavy atom. The summed E-state index contributed by atoms with van der Waals surface area (Å²) < 4.78 is 22.1. The second kappa shape index (κ2) is 7.51. The van der Waals surface area contributed by atoms with Crippen LogP contribution in [-0.2, 0) is 16.3 Å². The first kappa shape index (κ1) is 16.0. The van der Waals surface area contributed by atoms with Gasteiger partial charge in [-0.3, -0.25) is 0 Å². The van der Waals surface area contributed by atoms with E-state index in [2.05, 4.69) is 15.9 Å². The van der Waals surface area contributed by atoms with Crippen LogP contribution in [0.25, 0.3) is 0 Å². The summed E-state index contributed by atoms with van der Waals surface area (Å²) in [5, 5.41) is 1.63. The van der Waals surface area contributed by atoms with Gasteiger partial charge in [0.15, 0.2) is 0 Å². The Morgan fingerprint density at radius 3 is 2.39 bits per heavy atom. The van der Waals surface area contributed by atoms with Crippen molar-refractivity contribution in [2.45, 2.75) is 19.3 Å². The third-order valence-electron chi connectivity index (χ3n) is 2.78. The molecule has 1 aromatic carbocycles. The zero-order valence-corrected chi connectivity index (χ0v) is 13.6. The fraction of sp³-hybridized carbons (Fsp3) is 0.538. The lowest BCUT2D eigenvalue weighted by Gasteiger charge is -2.13. The molecule has 1 aromatic rings. The lowest BCUT2D eigenvalue weighted by atomic mass is 9.97. The Balaban J connectivity index is 2.44. The van der Waals surface area contributed by atoms with Gasteiger partial charge in [0.1, 0.15) is 9.84 Å². The van der Waals surface area contributed by atoms with E-state index in [-0.39, 0.29) is 5.75 Å². The average Bonchev–Trinajstić information content (AvgIpc) is 2.29. The zero-order valence-electron chi connectivity index (χ0n) is 10.4. The molecule has 0 spiro atoms. The van der Waals surface area contributed by atoms with E-state index in [1.165, 1.54) is 11.8 Å². The van der Waals surface area contributed by atoms with Gasteiger partial charge >= 0.3 is 0 Å². The minimum absolute atomic E-state index is 0.275. The molecule has 1 unspecified atom stereocenters. The van der Waals surface area contributed by atoms with Crippen molar-refractivity contribution in [1.29, 1.82) is 0 Å². The Morgan fingerprint density at radius 2 is 1.89 bits per heavy atom. The standard InChI is InChI=1S/C13H18BrClO2S/c1-18(16,17)8-2-3-12(10-14)9-11-4-6-13(15)7-5-11/h4-7,12H,2-3,8-10H2,1H3. The van der Waals surface area contributed by atoms with Crippen LogP contribution in [-0.4, -0.2) is 25.8 Å². The molecular weight excluding hydrogens is 336 g/mol. The minimum atomic E-state index is -2.84. The molecule has 0 heterocycles. The molecule has 0 saturated carbocycles. The highest BCUT2D eigenvalue weighted by atomic mass is 79.9. The molecule has 0 amide bonds. The molecule has 0 aliphatic heterocycles. The molecule has 1 atom stereocenters. The largest absolute Gasteiger partial charge is 0.229 e. The molecular formula is C13H18BrClO2S. The van der Waals surface area contributed by atoms with Gasteiger partial charge < -0.3 is 0 Å². The van der Waals surface area contributed by atoms with Crippen LogP contribution in [0.1, 0.15) is 18.4 Å². The van der Waals surface area contributed by atoms with Gasteiger partial charge in [0, 0.05) is 22.4 Å². The fourth-order valence-corrected chi connectivity index (χ4v) is 3.19. The summed E-state index contributed by atoms with van der Waals surface area (Å²) in [6, 6.07) is 7.82. The Labute approximate surface area is 123 Å². The predicted molar refractivity (Wildman–Crippen MR) is 81.4 cm³/mol. The van der Waals surface area contributed by atoms with Crippen molar-refractivity contribution in [3.05, 3.63) is 34.9 Å². The van der Waals surface area contributed by atoms with Crippen LogP contribution >= 0.6 is 27.5 Å². The van der Waals surface area contributed by atoms with Gasteiger partial charge in [0.05, 0.1) is 0 Å². The molecule has 0 radical (unpaired) electrons. The first-order chi connectivity index (χ1) is 8.40. The fourth-order valence-electron chi connectivity index (χ4n) is 1.82. The molecule has 1 rings (SSSR count). The van der Waals surface area contributed by atoms with Crippen molar-refractivity contribution in [3.63, 3.8) is 0 Å². The maximum atomic E-state index is 11.1. The molecule has 0 saturated heterocycles. The number of hydrogen-bond acceptors (Lipinski definition) is 2. The van der Waals surface area contributed by atoms with E-state index >= 15 is 0 Å². The molecule has 0 aromatic heterocycles. The first-order valence-electron chi connectivity index (χ1n) is 5.89. The van der Waals surface area contributed by atoms with Crippen LogP contribution in [0.3, 0.4) is 0 Å². The number of hydrogen-bond donors (Lipinski definition) is 0. The summed E-state index contributed by atoms with van der Waals surface area (Å²) in [5.41, 5.74) is 1.24. The summed E-state index contributed by atoms with van der Waals surface area (Å²) in [6.45, 7) is 0. The van der Waals surface area contributed by atoms with E-state index in [0.717, 1.165) is 29.6 Å². The summed E-state index contributed by atoms with van der Waals surface area (Å²) in [7, 11) is -2.84. The zero-order chi connectivity index (χ0) is 13.6. The molecule has 0 aliphatic carbocycles. The molecule has 0 N–H and O–H groups in total. The normalized spacial score (nSPS) is 13.5. The van der Waals surface area contributed by atoms with Crippen LogP contribution < -0.4 is 0 Å². The van der Waals surface area contributed by atoms with Crippen molar-refractivity contribution in [3.8, 4) is 0 Å². The van der Waals surface area contributed by atoms with Crippen LogP contribution in [0.2, 0.25) is 5.02 Å². The van der Waals surface area contributed by atoms with Crippen molar-refractivity contribution in [2.24, 2.45) is 5.92 Å². The van der Waals surface area contributed by atoms with Gasteiger partial charge in [0.2, 0.25) is 0 Å². The maximum Gasteiger partial charge on any atom is 0.147 e. The third kappa shape index (κ3) is 6.76. The minimum Gasteiger partial charge on any atom is -0.229 e. The summed E-state index contributed by atoms with van der Waals surface area (Å²) in [6.07, 6.45) is 3.88. The number of halogens is 2. The Kier molecular flexibility index (Phi) is 6.67. The van der Waals surface area contributed by atoms with Crippen LogP contribution in [0.5, 0.6) is 0 Å². The van der Waals surface area contributed by atoms with Crippen molar-refractivity contribution < 1.29 is 8.42 Å². The third-order valence-corrected chi connectivity index (χ3v) is 4.98. The molecule has 5 heteroatoms. The van der Waals surface area contributed by atoms with E-state index < -0.39 is 9.84 Å². The topological polar surface area (TPSA) is 34.1 Å². The molecule has 0 fully saturated rings. The van der Waals surface area contributed by atoms with E-state index in [0.29, 0.717) is 5.92 Å². The van der Waals surface area contributed by atoms with Gasteiger partial charge in [-0.15, -0.1) is 0 Å². The molecule has 18 heavy (non-hydrogen) atoms. The number of rotatable bonds is 7. The van der Waals surface area contributed by atoms with Gasteiger partial charge in [0.25, 0.3) is 0 Å². The molecule has 0 aliphatic rings. The second-order valence-electron chi connectivity index (χ2n) is 4.62. The quantitative estimate of drug-likeness (QED) is 0.700. The van der Waals surface area contributed by atoms with Crippen LogP contribution in [0, 0.1) is 5.92 Å². The second-order valence-corrected chi connectivity index (χ2v) is 7.97. The van der Waals surface area contributed by atoms with Crippen molar-refractivity contribution >= 4 is 37.4 Å². The van der Waals surface area contributed by atoms with Crippen LogP contribution in [0.4, 0.5) is 0 Å². The smallest absolute Gasteiger partial charge is 0.147 e. The molecule has 2 nitrogen and oxygen atoms in total. The summed E-state index contributed by atoms with van der Waals surface area (Å²) in [4.78, 5) is 0. The number of sulfone groups is 1. The molecule has 0 bridgehead atoms. The highest BCUT2D eigenvalue weighted by molar-refractivity contribution is 9.09. The van der Waals surface area contributed by atoms with Crippen molar-refractivity contribution in [1.82, 2.24) is 0 Å². The highest BCUT2D eigenvalue weighted by Gasteiger charge is 2.10. The summed E-state index contributed by atoms with van der Waals surface area (Å²) >= 11 is 9.33. The van der Waals surface area contributed by atoms with E-state index in [1.807, 2.05) is 24.3 Å². The first-order valence-corrected chi connectivity index (χ1v) is 9.45. The predicted octanol–water partition coefficient (Wildman–Crippen LogP) is 3.72. The Hall–Kier alpha value is -0.0600. The van der Waals surface area contributed by atoms with Gasteiger partial charge in [-0.1, -0.05) is 39.7 Å². The van der Waals surface area contributed by atoms with Gasteiger partial charge in [-0.25, -0.2) is 8.42 Å². The van der Waals surface area contributed by atoms with Crippen molar-refractivity contribution in [2.75, 3.05) is 17.3 Å². The van der Waals surface area contributed by atoms with Crippen LogP contribution in [0.15, 0.2) is 24.3 Å².